The van der Waals surface area contributed by atoms with E-state index in [2.05, 4.69) is 5.32 Å². The molecule has 0 radical (unpaired) electrons. The molecule has 1 N–H and O–H groups in total. The van der Waals surface area contributed by atoms with Gasteiger partial charge in [-0.15, -0.1) is 0 Å². The quantitative estimate of drug-likeness (QED) is 0.551. The lowest BCUT2D eigenvalue weighted by Gasteiger charge is -2.05. The van der Waals surface area contributed by atoms with Gasteiger partial charge in [-0.3, -0.25) is 4.18 Å². The van der Waals surface area contributed by atoms with Crippen LogP contribution in [0.2, 0.25) is 0 Å². The zero-order valence-corrected chi connectivity index (χ0v) is 6.65. The van der Waals surface area contributed by atoms with E-state index in [1.54, 1.807) is 0 Å². The molecule has 0 spiro atoms. The van der Waals surface area contributed by atoms with Crippen LogP contribution in [0.1, 0.15) is 6.42 Å². The van der Waals surface area contributed by atoms with Crippen molar-refractivity contribution >= 4 is 10.1 Å². The van der Waals surface area contributed by atoms with E-state index in [1.165, 1.54) is 0 Å². The van der Waals surface area contributed by atoms with Crippen molar-refractivity contribution < 1.29 is 12.6 Å². The molecule has 1 atom stereocenters. The first kappa shape index (κ1) is 7.97. The molecule has 1 aliphatic heterocycles. The molecule has 0 aromatic carbocycles. The molecule has 5 heteroatoms. The van der Waals surface area contributed by atoms with Gasteiger partial charge in [0.05, 0.1) is 12.4 Å². The standard InChI is InChI=1S/C5H11NO3S/c1-10(7,8)9-5-2-3-6-4-5/h5-6H,2-4H2,1H3/t5-/m1/s1. The molecule has 0 aromatic heterocycles. The molecule has 0 bridgehead atoms. The van der Waals surface area contributed by atoms with Gasteiger partial charge in [0.2, 0.25) is 0 Å². The SMILES string of the molecule is CS(=O)(=O)O[C@@H]1CCNC1. The van der Waals surface area contributed by atoms with E-state index in [0.717, 1.165) is 19.2 Å². The molecular weight excluding hydrogens is 154 g/mol. The molecule has 0 saturated carbocycles. The van der Waals surface area contributed by atoms with Crippen molar-refractivity contribution in [2.45, 2.75) is 12.5 Å². The Labute approximate surface area is 60.7 Å². The molecule has 1 rings (SSSR count). The maximum atomic E-state index is 10.5. The summed E-state index contributed by atoms with van der Waals surface area (Å²) in [6.07, 6.45) is 1.72. The van der Waals surface area contributed by atoms with Crippen molar-refractivity contribution in [1.29, 1.82) is 0 Å². The summed E-state index contributed by atoms with van der Waals surface area (Å²) in [6.45, 7) is 1.49. The molecule has 0 aliphatic carbocycles. The summed E-state index contributed by atoms with van der Waals surface area (Å²) >= 11 is 0. The van der Waals surface area contributed by atoms with E-state index in [9.17, 15) is 8.42 Å². The predicted octanol–water partition coefficient (Wildman–Crippen LogP) is -0.675. The Bertz CT molecular complexity index is 193. The molecule has 0 aromatic rings. The molecule has 1 aliphatic rings. The Kier molecular flexibility index (Phi) is 2.28. The highest BCUT2D eigenvalue weighted by Crippen LogP contribution is 2.05. The van der Waals surface area contributed by atoms with Crippen molar-refractivity contribution in [2.24, 2.45) is 0 Å². The van der Waals surface area contributed by atoms with Gasteiger partial charge in [-0.25, -0.2) is 0 Å². The van der Waals surface area contributed by atoms with Gasteiger partial charge in [-0.05, 0) is 13.0 Å². The molecule has 0 amide bonds. The summed E-state index contributed by atoms with van der Waals surface area (Å²) in [5.74, 6) is 0. The van der Waals surface area contributed by atoms with Crippen molar-refractivity contribution in [1.82, 2.24) is 5.32 Å². The fraction of sp³-hybridized carbons (Fsp3) is 1.00. The number of nitrogens with one attached hydrogen (secondary N) is 1. The summed E-state index contributed by atoms with van der Waals surface area (Å²) in [5.41, 5.74) is 0. The lowest BCUT2D eigenvalue weighted by molar-refractivity contribution is 0.232. The third-order valence-corrected chi connectivity index (χ3v) is 1.95. The fourth-order valence-electron chi connectivity index (χ4n) is 0.957. The first-order valence-corrected chi connectivity index (χ1v) is 4.98. The molecule has 1 fully saturated rings. The van der Waals surface area contributed by atoms with Gasteiger partial charge in [0.25, 0.3) is 10.1 Å². The van der Waals surface area contributed by atoms with E-state index >= 15 is 0 Å². The normalized spacial score (nSPS) is 27.1. The molecule has 1 heterocycles. The zero-order valence-electron chi connectivity index (χ0n) is 5.83. The maximum Gasteiger partial charge on any atom is 0.264 e. The maximum absolute atomic E-state index is 10.5. The number of hydrogen-bond donors (Lipinski definition) is 1. The summed E-state index contributed by atoms with van der Waals surface area (Å²) < 4.78 is 25.8. The summed E-state index contributed by atoms with van der Waals surface area (Å²) in [7, 11) is -3.25. The topological polar surface area (TPSA) is 55.4 Å². The summed E-state index contributed by atoms with van der Waals surface area (Å²) in [4.78, 5) is 0. The van der Waals surface area contributed by atoms with E-state index in [4.69, 9.17) is 4.18 Å². The van der Waals surface area contributed by atoms with Crippen LogP contribution >= 0.6 is 0 Å². The predicted molar refractivity (Wildman–Crippen MR) is 37.2 cm³/mol. The summed E-state index contributed by atoms with van der Waals surface area (Å²) in [6, 6.07) is 0. The van der Waals surface area contributed by atoms with Crippen LogP contribution in [0, 0.1) is 0 Å². The largest absolute Gasteiger partial charge is 0.314 e. The highest BCUT2D eigenvalue weighted by Gasteiger charge is 2.18. The molecule has 60 valence electrons. The second-order valence-corrected chi connectivity index (χ2v) is 4.02. The van der Waals surface area contributed by atoms with Crippen LogP contribution in [0.5, 0.6) is 0 Å². The Morgan fingerprint density at radius 3 is 2.70 bits per heavy atom. The van der Waals surface area contributed by atoms with Gasteiger partial charge in [-0.1, -0.05) is 0 Å². The number of hydrogen-bond acceptors (Lipinski definition) is 4. The van der Waals surface area contributed by atoms with Gasteiger partial charge in [0.1, 0.15) is 0 Å². The van der Waals surface area contributed by atoms with Gasteiger partial charge < -0.3 is 5.32 Å². The van der Waals surface area contributed by atoms with Crippen LogP contribution in [0.15, 0.2) is 0 Å². The van der Waals surface area contributed by atoms with Crippen molar-refractivity contribution in [2.75, 3.05) is 19.3 Å². The lowest BCUT2D eigenvalue weighted by atomic mass is 10.3. The first-order chi connectivity index (χ1) is 4.58. The van der Waals surface area contributed by atoms with Crippen molar-refractivity contribution in [3.05, 3.63) is 0 Å². The monoisotopic (exact) mass is 165 g/mol. The van der Waals surface area contributed by atoms with E-state index in [0.29, 0.717) is 6.54 Å². The molecule has 1 saturated heterocycles. The molecule has 10 heavy (non-hydrogen) atoms. The van der Waals surface area contributed by atoms with Crippen molar-refractivity contribution in [3.8, 4) is 0 Å². The van der Waals surface area contributed by atoms with Gasteiger partial charge in [0.15, 0.2) is 0 Å². The minimum absolute atomic E-state index is 0.144. The molecular formula is C5H11NO3S. The summed E-state index contributed by atoms with van der Waals surface area (Å²) in [5, 5.41) is 3.01. The minimum atomic E-state index is -3.25. The lowest BCUT2D eigenvalue weighted by Crippen LogP contribution is -2.19. The van der Waals surface area contributed by atoms with E-state index < -0.39 is 10.1 Å². The Balaban J connectivity index is 2.38. The van der Waals surface area contributed by atoms with Crippen LogP contribution in [0.3, 0.4) is 0 Å². The van der Waals surface area contributed by atoms with Crippen LogP contribution in [0.25, 0.3) is 0 Å². The van der Waals surface area contributed by atoms with Crippen LogP contribution < -0.4 is 5.32 Å². The van der Waals surface area contributed by atoms with Crippen molar-refractivity contribution in [3.63, 3.8) is 0 Å². The highest BCUT2D eigenvalue weighted by molar-refractivity contribution is 7.86. The molecule has 4 nitrogen and oxygen atoms in total. The Hall–Kier alpha value is -0.130. The van der Waals surface area contributed by atoms with Gasteiger partial charge >= 0.3 is 0 Å². The van der Waals surface area contributed by atoms with Gasteiger partial charge in [-0.2, -0.15) is 8.42 Å². The van der Waals surface area contributed by atoms with Gasteiger partial charge in [0, 0.05) is 6.54 Å². The van der Waals surface area contributed by atoms with Crippen LogP contribution in [-0.2, 0) is 14.3 Å². The minimum Gasteiger partial charge on any atom is -0.314 e. The van der Waals surface area contributed by atoms with Crippen LogP contribution in [0.4, 0.5) is 0 Å². The first-order valence-electron chi connectivity index (χ1n) is 3.17. The average molecular weight is 165 g/mol. The van der Waals surface area contributed by atoms with E-state index in [-0.39, 0.29) is 6.10 Å². The highest BCUT2D eigenvalue weighted by atomic mass is 32.2. The zero-order chi connectivity index (χ0) is 7.61. The smallest absolute Gasteiger partial charge is 0.264 e. The van der Waals surface area contributed by atoms with Crippen LogP contribution in [-0.4, -0.2) is 33.9 Å². The number of rotatable bonds is 2. The van der Waals surface area contributed by atoms with E-state index in [1.807, 2.05) is 0 Å². The Morgan fingerprint density at radius 1 is 1.60 bits per heavy atom. The second-order valence-electron chi connectivity index (χ2n) is 2.42. The average Bonchev–Trinajstić information content (AvgIpc) is 2.12. The molecule has 0 unspecified atom stereocenters. The second kappa shape index (κ2) is 2.86. The third kappa shape index (κ3) is 2.64. The fourth-order valence-corrected chi connectivity index (χ4v) is 1.62. The third-order valence-electron chi connectivity index (χ3n) is 1.33. The Morgan fingerprint density at radius 2 is 2.30 bits per heavy atom.